The van der Waals surface area contributed by atoms with Gasteiger partial charge in [-0.3, -0.25) is 19.1 Å². The molecule has 0 aliphatic carbocycles. The van der Waals surface area contributed by atoms with E-state index in [1.54, 1.807) is 6.26 Å². The molecule has 0 spiro atoms. The molecular weight excluding hydrogens is 256 g/mol. The number of nitrogens with one attached hydrogen (secondary N) is 1. The largest absolute Gasteiger partial charge is 0.379 e. The van der Waals surface area contributed by atoms with Crippen molar-refractivity contribution in [2.75, 3.05) is 23.9 Å². The smallest absolute Gasteiger partial charge is 0.293 e. The monoisotopic (exact) mass is 270 g/mol. The summed E-state index contributed by atoms with van der Waals surface area (Å²) >= 11 is 0. The molecule has 18 heavy (non-hydrogen) atoms. The van der Waals surface area contributed by atoms with Crippen LogP contribution in [-0.4, -0.2) is 34.0 Å². The number of rotatable bonds is 7. The molecule has 1 atom stereocenters. The van der Waals surface area contributed by atoms with Crippen molar-refractivity contribution in [3.63, 3.8) is 0 Å². The van der Waals surface area contributed by atoms with Gasteiger partial charge in [-0.25, -0.2) is 0 Å². The van der Waals surface area contributed by atoms with E-state index < -0.39 is 15.7 Å². The minimum atomic E-state index is -0.863. The second-order valence-electron chi connectivity index (χ2n) is 3.71. The van der Waals surface area contributed by atoms with Crippen LogP contribution in [0.25, 0.3) is 0 Å². The van der Waals surface area contributed by atoms with E-state index in [0.29, 0.717) is 30.7 Å². The summed E-state index contributed by atoms with van der Waals surface area (Å²) in [6.07, 6.45) is 2.84. The first-order valence-electron chi connectivity index (χ1n) is 5.32. The van der Waals surface area contributed by atoms with E-state index in [-0.39, 0.29) is 11.3 Å². The Morgan fingerprint density at radius 2 is 2.22 bits per heavy atom. The molecule has 1 aromatic carbocycles. The van der Waals surface area contributed by atoms with Crippen LogP contribution in [0, 0.1) is 10.1 Å². The Morgan fingerprint density at radius 3 is 2.78 bits per heavy atom. The third kappa shape index (κ3) is 4.25. The molecule has 0 radical (unpaired) electrons. The lowest BCUT2D eigenvalue weighted by molar-refractivity contribution is -0.384. The Kier molecular flexibility index (Phi) is 5.44. The molecule has 0 amide bonds. The molecule has 0 saturated heterocycles. The molecule has 0 aromatic heterocycles. The summed E-state index contributed by atoms with van der Waals surface area (Å²) in [5.41, 5.74) is 0.506. The fraction of sp³-hybridized carbons (Fsp3) is 0.364. The molecule has 0 saturated carbocycles. The zero-order valence-electron chi connectivity index (χ0n) is 9.92. The van der Waals surface area contributed by atoms with Crippen molar-refractivity contribution in [1.82, 2.24) is 0 Å². The number of carbonyl (C=O) groups is 1. The van der Waals surface area contributed by atoms with E-state index in [2.05, 4.69) is 5.32 Å². The Labute approximate surface area is 107 Å². The average Bonchev–Trinajstić information content (AvgIpc) is 2.34. The third-order valence-corrected chi connectivity index (χ3v) is 3.14. The van der Waals surface area contributed by atoms with Crippen LogP contribution in [-0.2, 0) is 10.8 Å². The first-order chi connectivity index (χ1) is 8.54. The highest BCUT2D eigenvalue weighted by Gasteiger charge is 2.13. The second kappa shape index (κ2) is 6.85. The van der Waals surface area contributed by atoms with Gasteiger partial charge in [0.2, 0.25) is 0 Å². The van der Waals surface area contributed by atoms with Gasteiger partial charge >= 0.3 is 0 Å². The van der Waals surface area contributed by atoms with Crippen LogP contribution in [0.3, 0.4) is 0 Å². The highest BCUT2D eigenvalue weighted by atomic mass is 32.2. The summed E-state index contributed by atoms with van der Waals surface area (Å²) in [6, 6.07) is 4.25. The second-order valence-corrected chi connectivity index (χ2v) is 5.26. The van der Waals surface area contributed by atoms with Crippen LogP contribution in [0.2, 0.25) is 0 Å². The molecule has 1 aromatic rings. The SMILES string of the molecule is CS(=O)CCCNc1ccc(C=O)cc1[N+](=O)[O-]. The molecule has 1 N–H and O–H groups in total. The van der Waals surface area contributed by atoms with Gasteiger partial charge in [0.1, 0.15) is 12.0 Å². The van der Waals surface area contributed by atoms with Gasteiger partial charge in [-0.2, -0.15) is 0 Å². The van der Waals surface area contributed by atoms with Crippen molar-refractivity contribution in [3.05, 3.63) is 33.9 Å². The van der Waals surface area contributed by atoms with Crippen LogP contribution >= 0.6 is 0 Å². The maximum absolute atomic E-state index is 10.9. The number of nitro benzene ring substituents is 1. The number of nitro groups is 1. The molecule has 0 aliphatic rings. The quantitative estimate of drug-likeness (QED) is 0.352. The number of nitrogens with zero attached hydrogens (tertiary/aromatic N) is 1. The van der Waals surface area contributed by atoms with Crippen molar-refractivity contribution >= 4 is 28.5 Å². The third-order valence-electron chi connectivity index (χ3n) is 2.28. The molecule has 1 rings (SSSR count). The highest BCUT2D eigenvalue weighted by molar-refractivity contribution is 7.84. The normalized spacial score (nSPS) is 11.8. The molecule has 0 aliphatic heterocycles. The van der Waals surface area contributed by atoms with Crippen molar-refractivity contribution in [3.8, 4) is 0 Å². The van der Waals surface area contributed by atoms with Gasteiger partial charge in [-0.1, -0.05) is 0 Å². The van der Waals surface area contributed by atoms with Crippen molar-refractivity contribution < 1.29 is 13.9 Å². The summed E-state index contributed by atoms with van der Waals surface area (Å²) in [5, 5.41) is 13.7. The van der Waals surface area contributed by atoms with Crippen molar-refractivity contribution in [2.24, 2.45) is 0 Å². The molecule has 7 heteroatoms. The van der Waals surface area contributed by atoms with Crippen LogP contribution in [0.15, 0.2) is 18.2 Å². The molecular formula is C11H14N2O4S. The minimum absolute atomic E-state index is 0.128. The van der Waals surface area contributed by atoms with Gasteiger partial charge < -0.3 is 5.32 Å². The Morgan fingerprint density at radius 1 is 1.50 bits per heavy atom. The summed E-state index contributed by atoms with van der Waals surface area (Å²) in [6.45, 7) is 0.501. The van der Waals surface area contributed by atoms with Gasteiger partial charge in [0.15, 0.2) is 0 Å². The topological polar surface area (TPSA) is 89.3 Å². The zero-order chi connectivity index (χ0) is 13.5. The van der Waals surface area contributed by atoms with Gasteiger partial charge in [0.25, 0.3) is 5.69 Å². The maximum Gasteiger partial charge on any atom is 0.293 e. The first-order valence-corrected chi connectivity index (χ1v) is 7.05. The predicted molar refractivity (Wildman–Crippen MR) is 70.5 cm³/mol. The fourth-order valence-electron chi connectivity index (χ4n) is 1.42. The summed E-state index contributed by atoms with van der Waals surface area (Å²) in [5.74, 6) is 0.549. The number of anilines is 1. The fourth-order valence-corrected chi connectivity index (χ4v) is 1.97. The van der Waals surface area contributed by atoms with Gasteiger partial charge in [-0.05, 0) is 18.6 Å². The zero-order valence-corrected chi connectivity index (χ0v) is 10.7. The van der Waals surface area contributed by atoms with Gasteiger partial charge in [-0.15, -0.1) is 0 Å². The molecule has 98 valence electrons. The minimum Gasteiger partial charge on any atom is -0.379 e. The number of aldehydes is 1. The number of hydrogen-bond donors (Lipinski definition) is 1. The lowest BCUT2D eigenvalue weighted by atomic mass is 10.2. The maximum atomic E-state index is 10.9. The summed E-state index contributed by atoms with van der Waals surface area (Å²) in [4.78, 5) is 20.8. The molecule has 1 unspecified atom stereocenters. The number of carbonyl (C=O) groups excluding carboxylic acids is 1. The summed E-state index contributed by atoms with van der Waals surface area (Å²) < 4.78 is 10.9. The van der Waals surface area contributed by atoms with Crippen LogP contribution in [0.1, 0.15) is 16.8 Å². The lowest BCUT2D eigenvalue weighted by Crippen LogP contribution is -2.08. The van der Waals surface area contributed by atoms with Crippen molar-refractivity contribution in [1.29, 1.82) is 0 Å². The first kappa shape index (κ1) is 14.3. The Balaban J connectivity index is 2.72. The lowest BCUT2D eigenvalue weighted by Gasteiger charge is -2.06. The van der Waals surface area contributed by atoms with Gasteiger partial charge in [0, 0.05) is 41.0 Å². The predicted octanol–water partition coefficient (Wildman–Crippen LogP) is 1.59. The summed E-state index contributed by atoms with van der Waals surface area (Å²) in [7, 11) is -0.863. The standard InChI is InChI=1S/C11H14N2O4S/c1-18(17)6-2-5-12-10-4-3-9(8-14)7-11(10)13(15)16/h3-4,7-8,12H,2,5-6H2,1H3. The Hall–Kier alpha value is -1.76. The van der Waals surface area contributed by atoms with Crippen LogP contribution < -0.4 is 5.32 Å². The van der Waals surface area contributed by atoms with E-state index >= 15 is 0 Å². The van der Waals surface area contributed by atoms with E-state index in [9.17, 15) is 19.1 Å². The Bertz CT molecular complexity index is 476. The molecule has 0 heterocycles. The molecule has 0 fully saturated rings. The molecule has 0 bridgehead atoms. The van der Waals surface area contributed by atoms with E-state index in [0.717, 1.165) is 0 Å². The van der Waals surface area contributed by atoms with Crippen molar-refractivity contribution in [2.45, 2.75) is 6.42 Å². The van der Waals surface area contributed by atoms with Gasteiger partial charge in [0.05, 0.1) is 4.92 Å². The average molecular weight is 270 g/mol. The van der Waals surface area contributed by atoms with Crippen LogP contribution in [0.4, 0.5) is 11.4 Å². The number of benzene rings is 1. The van der Waals surface area contributed by atoms with E-state index in [4.69, 9.17) is 0 Å². The highest BCUT2D eigenvalue weighted by Crippen LogP contribution is 2.24. The molecule has 6 nitrogen and oxygen atoms in total. The van der Waals surface area contributed by atoms with E-state index in [1.807, 2.05) is 0 Å². The van der Waals surface area contributed by atoms with E-state index in [1.165, 1.54) is 18.2 Å². The number of hydrogen-bond acceptors (Lipinski definition) is 5. The van der Waals surface area contributed by atoms with Crippen LogP contribution in [0.5, 0.6) is 0 Å².